The second-order valence-corrected chi connectivity index (χ2v) is 12.4. The summed E-state index contributed by atoms with van der Waals surface area (Å²) in [5.41, 5.74) is 8.18. The summed E-state index contributed by atoms with van der Waals surface area (Å²) in [5.74, 6) is 1.74. The Balaban J connectivity index is 1.31. The van der Waals surface area contributed by atoms with Crippen LogP contribution in [0.5, 0.6) is 0 Å². The van der Waals surface area contributed by atoms with E-state index in [1.807, 2.05) is 30.0 Å². The molecule has 9 nitrogen and oxygen atoms in total. The van der Waals surface area contributed by atoms with Gasteiger partial charge >= 0.3 is 0 Å². The van der Waals surface area contributed by atoms with Gasteiger partial charge in [-0.3, -0.25) is 4.98 Å². The normalized spacial score (nSPS) is 13.9. The zero-order valence-corrected chi connectivity index (χ0v) is 26.9. The lowest BCUT2D eigenvalue weighted by Crippen LogP contribution is -2.42. The monoisotopic (exact) mass is 601 g/mol. The van der Waals surface area contributed by atoms with Gasteiger partial charge in [0.05, 0.1) is 11.9 Å². The number of piperidine rings is 1. The summed E-state index contributed by atoms with van der Waals surface area (Å²) in [5, 5.41) is 17.3. The van der Waals surface area contributed by atoms with Gasteiger partial charge in [0.2, 0.25) is 11.9 Å². The van der Waals surface area contributed by atoms with E-state index in [0.717, 1.165) is 82.1 Å². The number of benzene rings is 2. The van der Waals surface area contributed by atoms with Crippen molar-refractivity contribution >= 4 is 34.0 Å². The van der Waals surface area contributed by atoms with Crippen LogP contribution >= 0.6 is 0 Å². The summed E-state index contributed by atoms with van der Waals surface area (Å²) < 4.78 is 1.84. The van der Waals surface area contributed by atoms with Gasteiger partial charge < -0.3 is 20.9 Å². The highest BCUT2D eigenvalue weighted by Crippen LogP contribution is 2.32. The molecule has 5 aromatic rings. The Bertz CT molecular complexity index is 1860. The number of pyridine rings is 1. The lowest BCUT2D eigenvalue weighted by atomic mass is 9.99. The molecule has 0 radical (unpaired) electrons. The van der Waals surface area contributed by atoms with Gasteiger partial charge in [-0.2, -0.15) is 19.6 Å². The van der Waals surface area contributed by atoms with E-state index in [1.165, 1.54) is 5.57 Å². The second kappa shape index (κ2) is 13.1. The summed E-state index contributed by atoms with van der Waals surface area (Å²) in [6.07, 6.45) is 7.97. The smallest absolute Gasteiger partial charge is 0.230 e. The first-order valence-electron chi connectivity index (χ1n) is 15.8. The molecule has 2 aromatic carbocycles. The van der Waals surface area contributed by atoms with Crippen LogP contribution in [0.1, 0.15) is 57.6 Å². The van der Waals surface area contributed by atoms with E-state index in [1.54, 1.807) is 0 Å². The van der Waals surface area contributed by atoms with Gasteiger partial charge in [-0.15, -0.1) is 0 Å². The Labute approximate surface area is 265 Å². The highest BCUT2D eigenvalue weighted by atomic mass is 15.4. The van der Waals surface area contributed by atoms with Crippen molar-refractivity contribution in [2.75, 3.05) is 35.7 Å². The van der Waals surface area contributed by atoms with Crippen molar-refractivity contribution in [3.05, 3.63) is 96.0 Å². The molecule has 232 valence electrons. The van der Waals surface area contributed by atoms with E-state index in [9.17, 15) is 0 Å². The van der Waals surface area contributed by atoms with Gasteiger partial charge in [0, 0.05) is 59.8 Å². The van der Waals surface area contributed by atoms with Crippen LogP contribution in [0.4, 0.5) is 17.6 Å². The Kier molecular flexibility index (Phi) is 8.80. The van der Waals surface area contributed by atoms with Crippen molar-refractivity contribution in [2.24, 2.45) is 0 Å². The zero-order valence-electron chi connectivity index (χ0n) is 26.9. The molecule has 1 aliphatic heterocycles. The molecule has 0 spiro atoms. The SMILES string of the molecule is C=C(C=C(C)C)Nc1ccc2c(-c3ccccc3CNc3nc(N4CCC(NC)CC4)nc4c(C(C)C)cnn34)nccc2c1. The third-order valence-electron chi connectivity index (χ3n) is 8.43. The summed E-state index contributed by atoms with van der Waals surface area (Å²) in [4.78, 5) is 17.2. The van der Waals surface area contributed by atoms with Crippen molar-refractivity contribution in [1.82, 2.24) is 29.9 Å². The van der Waals surface area contributed by atoms with Gasteiger partial charge in [-0.1, -0.05) is 56.3 Å². The van der Waals surface area contributed by atoms with E-state index in [-0.39, 0.29) is 0 Å². The number of hydrogen-bond donors (Lipinski definition) is 3. The van der Waals surface area contributed by atoms with Gasteiger partial charge in [0.1, 0.15) is 0 Å². The van der Waals surface area contributed by atoms with Crippen molar-refractivity contribution < 1.29 is 0 Å². The summed E-state index contributed by atoms with van der Waals surface area (Å²) in [7, 11) is 2.04. The maximum atomic E-state index is 5.02. The minimum atomic E-state index is 0.298. The number of nitrogens with one attached hydrogen (secondary N) is 3. The van der Waals surface area contributed by atoms with Crippen LogP contribution in [-0.4, -0.2) is 50.7 Å². The molecule has 9 heteroatoms. The Morgan fingerprint density at radius 3 is 2.62 bits per heavy atom. The Morgan fingerprint density at radius 1 is 1.07 bits per heavy atom. The summed E-state index contributed by atoms with van der Waals surface area (Å²) in [6, 6.07) is 17.4. The number of allylic oxidation sites excluding steroid dienone is 2. The fourth-order valence-electron chi connectivity index (χ4n) is 6.03. The molecular formula is C36H43N9. The van der Waals surface area contributed by atoms with Gasteiger partial charge in [-0.05, 0) is 74.9 Å². The van der Waals surface area contributed by atoms with Crippen LogP contribution in [0.25, 0.3) is 27.7 Å². The maximum Gasteiger partial charge on any atom is 0.230 e. The topological polar surface area (TPSA) is 95.3 Å². The first-order valence-corrected chi connectivity index (χ1v) is 15.8. The number of fused-ring (bicyclic) bond motifs is 2. The molecular weight excluding hydrogens is 558 g/mol. The second-order valence-electron chi connectivity index (χ2n) is 12.4. The molecule has 3 aromatic heterocycles. The molecule has 45 heavy (non-hydrogen) atoms. The number of aromatic nitrogens is 5. The molecule has 0 unspecified atom stereocenters. The molecule has 3 N–H and O–H groups in total. The Hall–Kier alpha value is -4.76. The molecule has 1 aliphatic rings. The van der Waals surface area contributed by atoms with E-state index >= 15 is 0 Å². The van der Waals surface area contributed by atoms with Crippen LogP contribution in [0.2, 0.25) is 0 Å². The predicted molar refractivity (Wildman–Crippen MR) is 186 cm³/mol. The molecule has 0 bridgehead atoms. The standard InChI is InChI=1S/C36H43N9/c1-23(2)19-25(5)41-29-11-12-31-26(20-29)13-16-38-33(31)30-10-8-7-9-27(30)21-39-35-43-36(44-17-14-28(37-6)15-18-44)42-34-32(24(3)4)22-40-45(34)35/h7-13,16,19-20,22,24,28,37,41H,5,14-15,17-18,21H2,1-4,6H3,(H,39,42,43). The molecule has 0 amide bonds. The fraction of sp³-hybridized carbons (Fsp3) is 0.333. The molecule has 6 rings (SSSR count). The van der Waals surface area contributed by atoms with E-state index in [4.69, 9.17) is 20.1 Å². The average Bonchev–Trinajstić information content (AvgIpc) is 3.48. The molecule has 0 atom stereocenters. The van der Waals surface area contributed by atoms with E-state index in [0.29, 0.717) is 24.5 Å². The van der Waals surface area contributed by atoms with Gasteiger partial charge in [0.15, 0.2) is 5.65 Å². The van der Waals surface area contributed by atoms with Crippen LogP contribution in [-0.2, 0) is 6.54 Å². The molecule has 1 fully saturated rings. The average molecular weight is 602 g/mol. The number of anilines is 3. The first-order chi connectivity index (χ1) is 21.8. The highest BCUT2D eigenvalue weighted by Gasteiger charge is 2.23. The molecule has 0 aliphatic carbocycles. The van der Waals surface area contributed by atoms with Crippen LogP contribution < -0.4 is 20.9 Å². The quantitative estimate of drug-likeness (QED) is 0.145. The molecule has 0 saturated carbocycles. The number of nitrogens with zero attached hydrogens (tertiary/aromatic N) is 6. The third kappa shape index (κ3) is 6.54. The van der Waals surface area contributed by atoms with E-state index in [2.05, 4.69) is 104 Å². The van der Waals surface area contributed by atoms with E-state index < -0.39 is 0 Å². The molecule has 4 heterocycles. The predicted octanol–water partition coefficient (Wildman–Crippen LogP) is 7.16. The number of rotatable bonds is 10. The zero-order chi connectivity index (χ0) is 31.5. The van der Waals surface area contributed by atoms with Crippen LogP contribution in [0, 0.1) is 0 Å². The fourth-order valence-corrected chi connectivity index (χ4v) is 6.03. The van der Waals surface area contributed by atoms with Gasteiger partial charge in [0.25, 0.3) is 0 Å². The minimum Gasteiger partial charge on any atom is -0.356 e. The van der Waals surface area contributed by atoms with Crippen molar-refractivity contribution in [3.8, 4) is 11.3 Å². The first kappa shape index (κ1) is 30.3. The summed E-state index contributed by atoms with van der Waals surface area (Å²) in [6.45, 7) is 15.0. The lowest BCUT2D eigenvalue weighted by Gasteiger charge is -2.32. The summed E-state index contributed by atoms with van der Waals surface area (Å²) >= 11 is 0. The van der Waals surface area contributed by atoms with Crippen molar-refractivity contribution in [1.29, 1.82) is 0 Å². The third-order valence-corrected chi connectivity index (χ3v) is 8.43. The largest absolute Gasteiger partial charge is 0.356 e. The number of hydrogen-bond acceptors (Lipinski definition) is 8. The van der Waals surface area contributed by atoms with Crippen LogP contribution in [0.3, 0.4) is 0 Å². The maximum absolute atomic E-state index is 5.02. The molecule has 1 saturated heterocycles. The lowest BCUT2D eigenvalue weighted by molar-refractivity contribution is 0.439. The van der Waals surface area contributed by atoms with Crippen molar-refractivity contribution in [3.63, 3.8) is 0 Å². The van der Waals surface area contributed by atoms with Crippen molar-refractivity contribution in [2.45, 2.75) is 59.0 Å². The Morgan fingerprint density at radius 2 is 1.87 bits per heavy atom. The van der Waals surface area contributed by atoms with Gasteiger partial charge in [-0.25, -0.2) is 0 Å². The highest BCUT2D eigenvalue weighted by molar-refractivity contribution is 5.97. The van der Waals surface area contributed by atoms with Crippen LogP contribution in [0.15, 0.2) is 84.8 Å². The minimum absolute atomic E-state index is 0.298.